The van der Waals surface area contributed by atoms with Gasteiger partial charge in [0.05, 0.1) is 22.4 Å². The number of amides is 1. The first-order valence-electron chi connectivity index (χ1n) is 17.1. The van der Waals surface area contributed by atoms with Crippen molar-refractivity contribution in [3.05, 3.63) is 39.8 Å². The van der Waals surface area contributed by atoms with E-state index in [9.17, 15) is 14.7 Å². The zero-order chi connectivity index (χ0) is 33.0. The lowest BCUT2D eigenvalue weighted by atomic mass is 9.81. The lowest BCUT2D eigenvalue weighted by Crippen LogP contribution is -2.47. The third kappa shape index (κ3) is 8.70. The number of ether oxygens (including phenoxy) is 1. The van der Waals surface area contributed by atoms with Gasteiger partial charge in [-0.15, -0.1) is 11.3 Å². The molecule has 2 aromatic heterocycles. The van der Waals surface area contributed by atoms with Crippen molar-refractivity contribution in [2.45, 2.75) is 110 Å². The van der Waals surface area contributed by atoms with E-state index in [0.717, 1.165) is 88.9 Å². The molecule has 46 heavy (non-hydrogen) atoms. The molecule has 1 aliphatic heterocycles. The number of carbonyl (C=O) groups excluding carboxylic acids is 1. The van der Waals surface area contributed by atoms with E-state index in [-0.39, 0.29) is 34.3 Å². The van der Waals surface area contributed by atoms with Gasteiger partial charge < -0.3 is 19.6 Å². The number of anilines is 1. The number of hydrogen-bond acceptors (Lipinski definition) is 7. The molecule has 0 spiro atoms. The summed E-state index contributed by atoms with van der Waals surface area (Å²) < 4.78 is 6.61. The molecule has 2 aromatic rings. The zero-order valence-corrected chi connectivity index (χ0v) is 29.4. The van der Waals surface area contributed by atoms with Crippen LogP contribution in [0.15, 0.2) is 24.4 Å². The molecule has 1 unspecified atom stereocenters. The molecule has 3 fully saturated rings. The van der Waals surface area contributed by atoms with Crippen LogP contribution >= 0.6 is 11.3 Å². The third-order valence-electron chi connectivity index (χ3n) is 9.83. The van der Waals surface area contributed by atoms with Gasteiger partial charge in [-0.2, -0.15) is 0 Å². The first-order chi connectivity index (χ1) is 21.9. The zero-order valence-electron chi connectivity index (χ0n) is 28.6. The fraction of sp³-hybridized carbons (Fsp3) is 0.649. The quantitative estimate of drug-likeness (QED) is 0.295. The number of aromatic carboxylic acids is 1. The second-order valence-electron chi connectivity index (χ2n) is 14.9. The van der Waals surface area contributed by atoms with Crippen molar-refractivity contribution >= 4 is 28.9 Å². The summed E-state index contributed by atoms with van der Waals surface area (Å²) in [6, 6.07) is 6.30. The number of rotatable bonds is 9. The number of carboxylic acids is 1. The Morgan fingerprint density at radius 1 is 1.07 bits per heavy atom. The number of hydrogen-bond donors (Lipinski definition) is 1. The summed E-state index contributed by atoms with van der Waals surface area (Å²) in [6.45, 7) is 11.2. The van der Waals surface area contributed by atoms with Crippen molar-refractivity contribution in [1.29, 1.82) is 0 Å². The molecule has 1 amide bonds. The molecule has 0 bridgehead atoms. The Morgan fingerprint density at radius 3 is 2.41 bits per heavy atom. The molecule has 250 valence electrons. The van der Waals surface area contributed by atoms with E-state index >= 15 is 0 Å². The van der Waals surface area contributed by atoms with E-state index in [2.05, 4.69) is 42.7 Å². The van der Waals surface area contributed by atoms with Gasteiger partial charge in [0.1, 0.15) is 10.6 Å². The summed E-state index contributed by atoms with van der Waals surface area (Å²) in [5.41, 5.74) is 1.28. The van der Waals surface area contributed by atoms with Crippen molar-refractivity contribution in [2.24, 2.45) is 17.3 Å². The third-order valence-corrected chi connectivity index (χ3v) is 10.9. The molecule has 9 heteroatoms. The van der Waals surface area contributed by atoms with Crippen LogP contribution in [0.1, 0.15) is 106 Å². The maximum atomic E-state index is 14.3. The van der Waals surface area contributed by atoms with Crippen LogP contribution in [0.2, 0.25) is 0 Å². The van der Waals surface area contributed by atoms with Crippen LogP contribution in [0.4, 0.5) is 5.69 Å². The van der Waals surface area contributed by atoms with E-state index in [1.54, 1.807) is 0 Å². The minimum atomic E-state index is -1.00. The SMILES string of the molecule is CC1CCC(C(=O)N(c2cc(C#CC(C)(C)C)sc2C(=O)O)C2CCC(Oc3cccnc3CN3CCC(N(C)C)C3)CC2)CC1. The molecule has 0 radical (unpaired) electrons. The lowest BCUT2D eigenvalue weighted by Gasteiger charge is -2.39. The summed E-state index contributed by atoms with van der Waals surface area (Å²) in [6.07, 6.45) is 9.89. The number of pyridine rings is 1. The van der Waals surface area contributed by atoms with Gasteiger partial charge in [-0.1, -0.05) is 18.8 Å². The van der Waals surface area contributed by atoms with Crippen molar-refractivity contribution in [2.75, 3.05) is 32.1 Å². The van der Waals surface area contributed by atoms with Crippen LogP contribution < -0.4 is 9.64 Å². The number of aromatic nitrogens is 1. The van der Waals surface area contributed by atoms with Crippen molar-refractivity contribution < 1.29 is 19.4 Å². The molecule has 5 rings (SSSR count). The molecule has 0 aromatic carbocycles. The molecule has 1 N–H and O–H groups in total. The highest BCUT2D eigenvalue weighted by molar-refractivity contribution is 7.15. The standard InChI is InChI=1S/C37H52N4O4S/c1-25-9-11-26(12-10-25)35(42)41(32-22-30(17-19-37(2,3)4)46-34(32)36(43)44)27-13-15-29(16-14-27)45-33-8-7-20-38-31(33)24-40-21-18-28(23-40)39(5)6/h7-8,20,22,25-29H,9-16,18,21,23-24H2,1-6H3,(H,43,44). The van der Waals surface area contributed by atoms with Gasteiger partial charge in [-0.25, -0.2) is 4.79 Å². The predicted octanol–water partition coefficient (Wildman–Crippen LogP) is 6.92. The second kappa shape index (κ2) is 14.9. The Balaban J connectivity index is 1.33. The van der Waals surface area contributed by atoms with Crippen LogP contribution in [0.25, 0.3) is 0 Å². The Labute approximate surface area is 279 Å². The summed E-state index contributed by atoms with van der Waals surface area (Å²) in [5, 5.41) is 10.2. The smallest absolute Gasteiger partial charge is 0.348 e. The van der Waals surface area contributed by atoms with Crippen LogP contribution in [-0.4, -0.2) is 77.1 Å². The van der Waals surface area contributed by atoms with E-state index in [1.165, 1.54) is 11.3 Å². The maximum absolute atomic E-state index is 14.3. The summed E-state index contributed by atoms with van der Waals surface area (Å²) in [7, 11) is 4.29. The number of carboxylic acid groups (broad SMARTS) is 1. The first kappa shape index (κ1) is 34.4. The molecule has 1 saturated heterocycles. The van der Waals surface area contributed by atoms with Gasteiger partial charge in [0.2, 0.25) is 5.91 Å². The largest absolute Gasteiger partial charge is 0.488 e. The second-order valence-corrected chi connectivity index (χ2v) is 16.0. The highest BCUT2D eigenvalue weighted by Crippen LogP contribution is 2.39. The molecular weight excluding hydrogens is 596 g/mol. The van der Waals surface area contributed by atoms with Gasteiger partial charge >= 0.3 is 5.97 Å². The number of thiophene rings is 1. The van der Waals surface area contributed by atoms with Crippen LogP contribution in [0.5, 0.6) is 5.75 Å². The van der Waals surface area contributed by atoms with Crippen molar-refractivity contribution in [3.8, 4) is 17.6 Å². The fourth-order valence-electron chi connectivity index (χ4n) is 7.06. The Hall–Kier alpha value is -2.93. The van der Waals surface area contributed by atoms with Gasteiger partial charge in [0.25, 0.3) is 0 Å². The Kier molecular flexibility index (Phi) is 11.1. The molecule has 8 nitrogen and oxygen atoms in total. The number of carbonyl (C=O) groups is 2. The van der Waals surface area contributed by atoms with Crippen LogP contribution in [0, 0.1) is 29.1 Å². The molecule has 2 saturated carbocycles. The fourth-order valence-corrected chi connectivity index (χ4v) is 7.90. The van der Waals surface area contributed by atoms with Crippen molar-refractivity contribution in [3.63, 3.8) is 0 Å². The van der Waals surface area contributed by atoms with Gasteiger partial charge in [0, 0.05) is 49.2 Å². The number of nitrogens with zero attached hydrogens (tertiary/aromatic N) is 4. The van der Waals surface area contributed by atoms with Gasteiger partial charge in [-0.05, 0) is 117 Å². The van der Waals surface area contributed by atoms with Crippen LogP contribution in [-0.2, 0) is 11.3 Å². The molecular formula is C37H52N4O4S. The highest BCUT2D eigenvalue weighted by Gasteiger charge is 2.38. The van der Waals surface area contributed by atoms with Gasteiger partial charge in [0.15, 0.2) is 0 Å². The van der Waals surface area contributed by atoms with E-state index in [0.29, 0.717) is 22.5 Å². The monoisotopic (exact) mass is 648 g/mol. The van der Waals surface area contributed by atoms with Gasteiger partial charge in [-0.3, -0.25) is 14.7 Å². The topological polar surface area (TPSA) is 86.2 Å². The molecule has 3 aliphatic rings. The normalized spacial score (nSPS) is 25.6. The van der Waals surface area contributed by atoms with Crippen molar-refractivity contribution in [1.82, 2.24) is 14.8 Å². The average molecular weight is 649 g/mol. The Morgan fingerprint density at radius 2 is 1.78 bits per heavy atom. The molecule has 3 heterocycles. The number of likely N-dealkylation sites (tertiary alicyclic amines) is 1. The minimum absolute atomic E-state index is 0.0226. The summed E-state index contributed by atoms with van der Waals surface area (Å²) >= 11 is 1.18. The van der Waals surface area contributed by atoms with Crippen LogP contribution in [0.3, 0.4) is 0 Å². The van der Waals surface area contributed by atoms with E-state index < -0.39 is 5.97 Å². The summed E-state index contributed by atoms with van der Waals surface area (Å²) in [5.74, 6) is 6.88. The number of likely N-dealkylation sites (N-methyl/N-ethyl adjacent to an activating group) is 1. The molecule has 1 atom stereocenters. The predicted molar refractivity (Wildman–Crippen MR) is 184 cm³/mol. The van der Waals surface area contributed by atoms with E-state index in [1.807, 2.05) is 50.1 Å². The molecule has 2 aliphatic carbocycles. The average Bonchev–Trinajstić information content (AvgIpc) is 3.66. The maximum Gasteiger partial charge on any atom is 0.348 e. The minimum Gasteiger partial charge on any atom is -0.488 e. The highest BCUT2D eigenvalue weighted by atomic mass is 32.1. The first-order valence-corrected chi connectivity index (χ1v) is 17.9. The summed E-state index contributed by atoms with van der Waals surface area (Å²) in [4.78, 5) is 39.0. The lowest BCUT2D eigenvalue weighted by molar-refractivity contribution is -0.124. The van der Waals surface area contributed by atoms with E-state index in [4.69, 9.17) is 9.72 Å². The Bertz CT molecular complexity index is 1420.